The minimum atomic E-state index is 0.254. The van der Waals surface area contributed by atoms with E-state index in [0.717, 1.165) is 39.6 Å². The maximum atomic E-state index is 5.31. The van der Waals surface area contributed by atoms with E-state index in [4.69, 9.17) is 4.74 Å². The number of rotatable bonds is 8. The van der Waals surface area contributed by atoms with Crippen LogP contribution in [0, 0.1) is 5.92 Å². The molecule has 0 saturated carbocycles. The van der Waals surface area contributed by atoms with Gasteiger partial charge in [-0.05, 0) is 47.9 Å². The Kier molecular flexibility index (Phi) is 5.81. The van der Waals surface area contributed by atoms with Crippen LogP contribution in [0.15, 0.2) is 60.9 Å². The lowest BCUT2D eigenvalue weighted by Gasteiger charge is -2.26. The van der Waals surface area contributed by atoms with Gasteiger partial charge in [0.05, 0.1) is 23.4 Å². The smallest absolute Gasteiger partial charge is 0.188 e. The summed E-state index contributed by atoms with van der Waals surface area (Å²) in [5.41, 5.74) is 3.29. The van der Waals surface area contributed by atoms with E-state index in [1.165, 1.54) is 5.56 Å². The number of benzene rings is 2. The van der Waals surface area contributed by atoms with E-state index in [-0.39, 0.29) is 6.04 Å². The molecule has 2 aromatic heterocycles. The molecule has 1 atom stereocenters. The molecule has 0 aliphatic rings. The summed E-state index contributed by atoms with van der Waals surface area (Å²) in [4.78, 5) is 4.67. The Labute approximate surface area is 175 Å². The molecule has 0 radical (unpaired) electrons. The lowest BCUT2D eigenvalue weighted by molar-refractivity contribution is 0.333. The van der Waals surface area contributed by atoms with E-state index >= 15 is 0 Å². The monoisotopic (exact) mass is 406 g/mol. The number of nitrogens with zero attached hydrogens (tertiary/aromatic N) is 3. The van der Waals surface area contributed by atoms with Gasteiger partial charge in [-0.1, -0.05) is 50.2 Å². The van der Waals surface area contributed by atoms with Gasteiger partial charge in [0, 0.05) is 18.1 Å². The van der Waals surface area contributed by atoms with Crippen molar-refractivity contribution in [1.29, 1.82) is 0 Å². The zero-order valence-corrected chi connectivity index (χ0v) is 17.8. The normalized spacial score (nSPS) is 12.4. The Hall–Kier alpha value is -2.86. The molecule has 1 N–H and O–H groups in total. The van der Waals surface area contributed by atoms with Gasteiger partial charge in [0.25, 0.3) is 0 Å². The topological polar surface area (TPSA) is 52.0 Å². The van der Waals surface area contributed by atoms with Gasteiger partial charge < -0.3 is 10.1 Å². The molecule has 2 heterocycles. The second-order valence-electron chi connectivity index (χ2n) is 7.11. The highest BCUT2D eigenvalue weighted by molar-refractivity contribution is 7.22. The van der Waals surface area contributed by atoms with Crippen LogP contribution in [0.4, 0.5) is 10.8 Å². The van der Waals surface area contributed by atoms with E-state index in [0.29, 0.717) is 5.92 Å². The summed E-state index contributed by atoms with van der Waals surface area (Å²) in [5, 5.41) is 8.83. The van der Waals surface area contributed by atoms with Crippen molar-refractivity contribution in [3.63, 3.8) is 0 Å². The Morgan fingerprint density at radius 2 is 1.90 bits per heavy atom. The number of hydrogen-bond donors (Lipinski definition) is 1. The molecule has 2 aromatic carbocycles. The van der Waals surface area contributed by atoms with Crippen LogP contribution < -0.4 is 10.1 Å². The van der Waals surface area contributed by atoms with E-state index in [9.17, 15) is 0 Å². The lowest BCUT2D eigenvalue weighted by atomic mass is 9.89. The van der Waals surface area contributed by atoms with Gasteiger partial charge in [-0.3, -0.25) is 4.68 Å². The molecule has 0 aliphatic heterocycles. The second-order valence-corrected chi connectivity index (χ2v) is 8.14. The van der Waals surface area contributed by atoms with E-state index in [2.05, 4.69) is 64.4 Å². The Balaban J connectivity index is 1.56. The largest absolute Gasteiger partial charge is 0.497 e. The van der Waals surface area contributed by atoms with Gasteiger partial charge in [-0.15, -0.1) is 0 Å². The zero-order chi connectivity index (χ0) is 20.2. The van der Waals surface area contributed by atoms with Crippen LogP contribution in [0.5, 0.6) is 5.75 Å². The average molecular weight is 407 g/mol. The van der Waals surface area contributed by atoms with Crippen molar-refractivity contribution >= 4 is 32.4 Å². The Morgan fingerprint density at radius 1 is 1.10 bits per heavy atom. The molecule has 6 heteroatoms. The number of nitrogens with one attached hydrogen (secondary N) is 1. The molecule has 0 amide bonds. The maximum Gasteiger partial charge on any atom is 0.188 e. The van der Waals surface area contributed by atoms with Crippen LogP contribution in [-0.4, -0.2) is 21.9 Å². The number of anilines is 2. The van der Waals surface area contributed by atoms with Crippen molar-refractivity contribution in [3.8, 4) is 5.75 Å². The van der Waals surface area contributed by atoms with Crippen LogP contribution in [-0.2, 0) is 0 Å². The highest BCUT2D eigenvalue weighted by Crippen LogP contribution is 2.33. The first-order valence-electron chi connectivity index (χ1n) is 10.0. The molecular formula is C23H26N4OS. The van der Waals surface area contributed by atoms with Crippen LogP contribution in [0.3, 0.4) is 0 Å². The number of hydrogen-bond acceptors (Lipinski definition) is 5. The Bertz CT molecular complexity index is 1050. The SMILES string of the molecule is CCC(CC)C(c1ccc(Nc2nc3ccc(OC)cc3s2)cc1)n1cccn1. The van der Waals surface area contributed by atoms with Gasteiger partial charge in [-0.25, -0.2) is 4.98 Å². The van der Waals surface area contributed by atoms with E-state index in [1.54, 1.807) is 18.4 Å². The molecule has 0 saturated heterocycles. The maximum absolute atomic E-state index is 5.31. The van der Waals surface area contributed by atoms with Crippen molar-refractivity contribution in [2.45, 2.75) is 32.7 Å². The van der Waals surface area contributed by atoms with Crippen molar-refractivity contribution in [2.75, 3.05) is 12.4 Å². The van der Waals surface area contributed by atoms with Crippen LogP contribution in [0.2, 0.25) is 0 Å². The third-order valence-electron chi connectivity index (χ3n) is 5.40. The molecule has 4 aromatic rings. The molecule has 4 rings (SSSR count). The van der Waals surface area contributed by atoms with Gasteiger partial charge in [0.2, 0.25) is 0 Å². The van der Waals surface area contributed by atoms with Gasteiger partial charge in [0.1, 0.15) is 5.75 Å². The highest BCUT2D eigenvalue weighted by atomic mass is 32.1. The summed E-state index contributed by atoms with van der Waals surface area (Å²) >= 11 is 1.63. The quantitative estimate of drug-likeness (QED) is 0.375. The van der Waals surface area contributed by atoms with Crippen LogP contribution >= 0.6 is 11.3 Å². The summed E-state index contributed by atoms with van der Waals surface area (Å²) in [6.07, 6.45) is 6.16. The minimum absolute atomic E-state index is 0.254. The van der Waals surface area contributed by atoms with E-state index in [1.807, 2.05) is 30.5 Å². The molecule has 0 aliphatic carbocycles. The Morgan fingerprint density at radius 3 is 2.55 bits per heavy atom. The third-order valence-corrected chi connectivity index (χ3v) is 6.34. The molecule has 0 spiro atoms. The first kappa shape index (κ1) is 19.5. The van der Waals surface area contributed by atoms with Gasteiger partial charge in [-0.2, -0.15) is 5.10 Å². The summed E-state index contributed by atoms with van der Waals surface area (Å²) < 4.78 is 8.50. The summed E-state index contributed by atoms with van der Waals surface area (Å²) in [6, 6.07) is 16.8. The van der Waals surface area contributed by atoms with Gasteiger partial charge >= 0.3 is 0 Å². The fourth-order valence-electron chi connectivity index (χ4n) is 3.79. The molecule has 5 nitrogen and oxygen atoms in total. The molecule has 1 unspecified atom stereocenters. The fourth-order valence-corrected chi connectivity index (χ4v) is 4.71. The number of aromatic nitrogens is 3. The van der Waals surface area contributed by atoms with Crippen molar-refractivity contribution < 1.29 is 4.74 Å². The predicted octanol–water partition coefficient (Wildman–Crippen LogP) is 6.27. The van der Waals surface area contributed by atoms with Crippen molar-refractivity contribution in [1.82, 2.24) is 14.8 Å². The lowest BCUT2D eigenvalue weighted by Crippen LogP contribution is -2.20. The van der Waals surface area contributed by atoms with E-state index < -0.39 is 0 Å². The molecule has 0 bridgehead atoms. The zero-order valence-electron chi connectivity index (χ0n) is 17.0. The first-order valence-corrected chi connectivity index (χ1v) is 10.8. The standard InChI is InChI=1S/C23H26N4OS/c1-4-16(5-2)22(27-14-6-13-24-27)17-7-9-18(10-8-17)25-23-26-20-12-11-19(28-3)15-21(20)29-23/h6-16,22H,4-5H2,1-3H3,(H,25,26). The van der Waals surface area contributed by atoms with Crippen LogP contribution in [0.1, 0.15) is 38.3 Å². The van der Waals surface area contributed by atoms with Gasteiger partial charge in [0.15, 0.2) is 5.13 Å². The molecular weight excluding hydrogens is 380 g/mol. The second kappa shape index (κ2) is 8.66. The predicted molar refractivity (Wildman–Crippen MR) is 120 cm³/mol. The first-order chi connectivity index (χ1) is 14.2. The van der Waals surface area contributed by atoms with Crippen molar-refractivity contribution in [2.24, 2.45) is 5.92 Å². The average Bonchev–Trinajstić information content (AvgIpc) is 3.41. The number of thiazole rings is 1. The van der Waals surface area contributed by atoms with Crippen molar-refractivity contribution in [3.05, 3.63) is 66.5 Å². The highest BCUT2D eigenvalue weighted by Gasteiger charge is 2.22. The summed E-state index contributed by atoms with van der Waals surface area (Å²) in [7, 11) is 1.68. The number of ether oxygens (including phenoxy) is 1. The molecule has 150 valence electrons. The molecule has 29 heavy (non-hydrogen) atoms. The molecule has 0 fully saturated rings. The minimum Gasteiger partial charge on any atom is -0.497 e. The van der Waals surface area contributed by atoms with Crippen LogP contribution in [0.25, 0.3) is 10.2 Å². The third kappa shape index (κ3) is 4.12. The number of methoxy groups -OCH3 is 1. The summed E-state index contributed by atoms with van der Waals surface area (Å²) in [6.45, 7) is 4.51. The fraction of sp³-hybridized carbons (Fsp3) is 0.304. The summed E-state index contributed by atoms with van der Waals surface area (Å²) in [5.74, 6) is 1.40. The number of fused-ring (bicyclic) bond motifs is 1.